The fraction of sp³-hybridized carbons (Fsp3) is 0.444. The van der Waals surface area contributed by atoms with E-state index in [0.717, 1.165) is 13.1 Å². The van der Waals surface area contributed by atoms with E-state index in [4.69, 9.17) is 10.5 Å². The Bertz CT molecular complexity index is 626. The zero-order valence-corrected chi connectivity index (χ0v) is 12.9. The summed E-state index contributed by atoms with van der Waals surface area (Å²) in [7, 11) is 1.82. The lowest BCUT2D eigenvalue weighted by molar-refractivity contribution is 0.0499. The number of nitrogens with zero attached hydrogens (tertiary/aromatic N) is 1. The highest BCUT2D eigenvalue weighted by Crippen LogP contribution is 2.32. The molecule has 0 saturated carbocycles. The average Bonchev–Trinajstić information content (AvgIpc) is 2.54. The minimum Gasteiger partial charge on any atom is -0.379 e. The van der Waals surface area contributed by atoms with Crippen LogP contribution in [0.3, 0.4) is 0 Å². The number of piperidine rings is 1. The van der Waals surface area contributed by atoms with Gasteiger partial charge in [-0.05, 0) is 29.4 Å². The highest BCUT2D eigenvalue weighted by atomic mass is 16.5. The van der Waals surface area contributed by atoms with Crippen molar-refractivity contribution in [2.45, 2.75) is 26.0 Å². The molecular formula is C18H24N2O. The number of fused-ring (bicyclic) bond motifs is 1. The largest absolute Gasteiger partial charge is 0.379 e. The van der Waals surface area contributed by atoms with Crippen LogP contribution < -0.4 is 10.6 Å². The molecule has 112 valence electrons. The van der Waals surface area contributed by atoms with Gasteiger partial charge in [-0.2, -0.15) is 0 Å². The van der Waals surface area contributed by atoms with Crippen molar-refractivity contribution in [3.63, 3.8) is 0 Å². The molecule has 1 aliphatic rings. The third-order valence-electron chi connectivity index (χ3n) is 4.74. The molecule has 1 saturated heterocycles. The lowest BCUT2D eigenvalue weighted by Crippen LogP contribution is -2.44. The number of methoxy groups -OCH3 is 1. The second-order valence-electron chi connectivity index (χ2n) is 5.98. The van der Waals surface area contributed by atoms with Gasteiger partial charge in [-0.3, -0.25) is 0 Å². The molecule has 0 amide bonds. The summed E-state index contributed by atoms with van der Waals surface area (Å²) in [6, 6.07) is 12.9. The smallest absolute Gasteiger partial charge is 0.0772 e. The zero-order chi connectivity index (χ0) is 14.8. The van der Waals surface area contributed by atoms with E-state index in [1.165, 1.54) is 28.4 Å². The minimum absolute atomic E-state index is 0.312. The molecular weight excluding hydrogens is 260 g/mol. The van der Waals surface area contributed by atoms with Gasteiger partial charge in [0.05, 0.1) is 6.10 Å². The summed E-state index contributed by atoms with van der Waals surface area (Å²) in [6.45, 7) is 4.91. The van der Waals surface area contributed by atoms with Gasteiger partial charge >= 0.3 is 0 Å². The fourth-order valence-electron chi connectivity index (χ4n) is 3.36. The third-order valence-corrected chi connectivity index (χ3v) is 4.74. The van der Waals surface area contributed by atoms with Crippen molar-refractivity contribution in [3.05, 3.63) is 42.0 Å². The Balaban J connectivity index is 2.01. The predicted octanol–water partition coefficient (Wildman–Crippen LogP) is 3.16. The molecule has 3 heteroatoms. The van der Waals surface area contributed by atoms with E-state index in [2.05, 4.69) is 48.2 Å². The topological polar surface area (TPSA) is 38.5 Å². The van der Waals surface area contributed by atoms with Gasteiger partial charge in [0, 0.05) is 37.8 Å². The van der Waals surface area contributed by atoms with Crippen LogP contribution >= 0.6 is 0 Å². The lowest BCUT2D eigenvalue weighted by atomic mass is 9.94. The summed E-state index contributed by atoms with van der Waals surface area (Å²) in [5.41, 5.74) is 8.39. The van der Waals surface area contributed by atoms with Crippen molar-refractivity contribution >= 4 is 16.5 Å². The van der Waals surface area contributed by atoms with E-state index in [0.29, 0.717) is 18.6 Å². The number of benzene rings is 2. The van der Waals surface area contributed by atoms with Crippen molar-refractivity contribution in [1.29, 1.82) is 0 Å². The second kappa shape index (κ2) is 6.04. The number of ether oxygens (including phenoxy) is 1. The quantitative estimate of drug-likeness (QED) is 0.941. The molecule has 21 heavy (non-hydrogen) atoms. The van der Waals surface area contributed by atoms with Crippen LogP contribution in [-0.2, 0) is 11.3 Å². The summed E-state index contributed by atoms with van der Waals surface area (Å²) in [5, 5.41) is 2.56. The molecule has 1 heterocycles. The van der Waals surface area contributed by atoms with Crippen molar-refractivity contribution < 1.29 is 4.74 Å². The Labute approximate surface area is 126 Å². The van der Waals surface area contributed by atoms with Gasteiger partial charge in [0.1, 0.15) is 0 Å². The molecule has 0 radical (unpaired) electrons. The van der Waals surface area contributed by atoms with Crippen molar-refractivity contribution in [2.24, 2.45) is 11.7 Å². The van der Waals surface area contributed by atoms with Crippen LogP contribution in [0.4, 0.5) is 5.69 Å². The SMILES string of the molecule is COC1CN(c2ccc(CN)c3ccccc23)CCC1C. The monoisotopic (exact) mass is 284 g/mol. The van der Waals surface area contributed by atoms with Crippen molar-refractivity contribution in [3.8, 4) is 0 Å². The molecule has 3 nitrogen and oxygen atoms in total. The first-order chi connectivity index (χ1) is 10.2. The molecule has 2 unspecified atom stereocenters. The van der Waals surface area contributed by atoms with Crippen LogP contribution in [0, 0.1) is 5.92 Å². The Kier molecular flexibility index (Phi) is 4.13. The minimum atomic E-state index is 0.312. The molecule has 0 aromatic heterocycles. The summed E-state index contributed by atoms with van der Waals surface area (Å²) in [5.74, 6) is 0.626. The Morgan fingerprint density at radius 3 is 2.67 bits per heavy atom. The first-order valence-electron chi connectivity index (χ1n) is 7.73. The maximum Gasteiger partial charge on any atom is 0.0772 e. The molecule has 1 aliphatic heterocycles. The molecule has 0 spiro atoms. The highest BCUT2D eigenvalue weighted by molar-refractivity contribution is 5.96. The number of anilines is 1. The van der Waals surface area contributed by atoms with E-state index in [9.17, 15) is 0 Å². The average molecular weight is 284 g/mol. The van der Waals surface area contributed by atoms with Crippen LogP contribution in [-0.4, -0.2) is 26.3 Å². The van der Waals surface area contributed by atoms with Crippen molar-refractivity contribution in [1.82, 2.24) is 0 Å². The summed E-state index contributed by atoms with van der Waals surface area (Å²) in [6.07, 6.45) is 1.48. The Hall–Kier alpha value is -1.58. The second-order valence-corrected chi connectivity index (χ2v) is 5.98. The molecule has 2 aromatic carbocycles. The Morgan fingerprint density at radius 2 is 1.95 bits per heavy atom. The standard InChI is InChI=1S/C18H24N2O/c1-13-9-10-20(12-18(13)21-2)17-8-7-14(11-19)15-5-3-4-6-16(15)17/h3-8,13,18H,9-12,19H2,1-2H3. The predicted molar refractivity (Wildman–Crippen MR) is 88.6 cm³/mol. The van der Waals surface area contributed by atoms with Crippen LogP contribution in [0.25, 0.3) is 10.8 Å². The van der Waals surface area contributed by atoms with E-state index in [1.807, 2.05) is 7.11 Å². The molecule has 2 aromatic rings. The highest BCUT2D eigenvalue weighted by Gasteiger charge is 2.26. The summed E-state index contributed by atoms with van der Waals surface area (Å²) >= 11 is 0. The van der Waals surface area contributed by atoms with E-state index in [1.54, 1.807) is 0 Å². The summed E-state index contributed by atoms with van der Waals surface area (Å²) in [4.78, 5) is 2.46. The third kappa shape index (κ3) is 2.63. The van der Waals surface area contributed by atoms with Gasteiger partial charge in [-0.15, -0.1) is 0 Å². The number of hydrogen-bond acceptors (Lipinski definition) is 3. The first kappa shape index (κ1) is 14.4. The fourth-order valence-corrected chi connectivity index (χ4v) is 3.36. The van der Waals surface area contributed by atoms with E-state index >= 15 is 0 Å². The Morgan fingerprint density at radius 1 is 1.19 bits per heavy atom. The van der Waals surface area contributed by atoms with E-state index in [-0.39, 0.29) is 0 Å². The molecule has 1 fully saturated rings. The van der Waals surface area contributed by atoms with Gasteiger partial charge in [0.2, 0.25) is 0 Å². The number of hydrogen-bond donors (Lipinski definition) is 1. The first-order valence-corrected chi connectivity index (χ1v) is 7.73. The van der Waals surface area contributed by atoms with E-state index < -0.39 is 0 Å². The zero-order valence-electron chi connectivity index (χ0n) is 12.9. The van der Waals surface area contributed by atoms with Crippen molar-refractivity contribution in [2.75, 3.05) is 25.1 Å². The van der Waals surface area contributed by atoms with Gasteiger partial charge in [-0.25, -0.2) is 0 Å². The van der Waals surface area contributed by atoms with Crippen LogP contribution in [0.1, 0.15) is 18.9 Å². The van der Waals surface area contributed by atoms with Crippen LogP contribution in [0.2, 0.25) is 0 Å². The molecule has 2 N–H and O–H groups in total. The maximum absolute atomic E-state index is 5.87. The van der Waals surface area contributed by atoms with Gasteiger partial charge in [0.15, 0.2) is 0 Å². The number of nitrogens with two attached hydrogens (primary N) is 1. The van der Waals surface area contributed by atoms with Crippen LogP contribution in [0.15, 0.2) is 36.4 Å². The summed E-state index contributed by atoms with van der Waals surface area (Å²) < 4.78 is 5.65. The van der Waals surface area contributed by atoms with Gasteiger partial charge in [0.25, 0.3) is 0 Å². The normalized spacial score (nSPS) is 22.7. The molecule has 3 rings (SSSR count). The van der Waals surface area contributed by atoms with Gasteiger partial charge in [-0.1, -0.05) is 37.3 Å². The molecule has 0 bridgehead atoms. The molecule has 0 aliphatic carbocycles. The van der Waals surface area contributed by atoms with Crippen LogP contribution in [0.5, 0.6) is 0 Å². The lowest BCUT2D eigenvalue weighted by Gasteiger charge is -2.38. The molecule has 2 atom stereocenters. The maximum atomic E-state index is 5.87. The number of rotatable bonds is 3. The van der Waals surface area contributed by atoms with Gasteiger partial charge < -0.3 is 15.4 Å².